The topological polar surface area (TPSA) is 81.8 Å². The first-order valence-electron chi connectivity index (χ1n) is 9.96. The molecule has 0 aliphatic carbocycles. The zero-order chi connectivity index (χ0) is 20.9. The van der Waals surface area contributed by atoms with E-state index in [0.717, 1.165) is 11.3 Å². The number of fused-ring (bicyclic) bond motifs is 1. The van der Waals surface area contributed by atoms with Crippen LogP contribution in [0.25, 0.3) is 16.6 Å². The average molecular weight is 401 g/mol. The van der Waals surface area contributed by atoms with Crippen LogP contribution in [0.5, 0.6) is 0 Å². The monoisotopic (exact) mass is 401 g/mol. The van der Waals surface area contributed by atoms with Gasteiger partial charge in [-0.25, -0.2) is 9.67 Å². The van der Waals surface area contributed by atoms with E-state index in [1.165, 1.54) is 0 Å². The Morgan fingerprint density at radius 1 is 1.10 bits per heavy atom. The maximum Gasteiger partial charge on any atom is 0.261 e. The lowest BCUT2D eigenvalue weighted by molar-refractivity contribution is -0.121. The van der Waals surface area contributed by atoms with Crippen LogP contribution in [0.3, 0.4) is 0 Å². The molecule has 1 amide bonds. The van der Waals surface area contributed by atoms with Crippen molar-refractivity contribution in [2.24, 2.45) is 0 Å². The second-order valence-corrected chi connectivity index (χ2v) is 7.16. The zero-order valence-corrected chi connectivity index (χ0v) is 16.7. The minimum absolute atomic E-state index is 0.0560. The van der Waals surface area contributed by atoms with Crippen LogP contribution < -0.4 is 10.9 Å². The molecule has 2 aromatic carbocycles. The second-order valence-electron chi connectivity index (χ2n) is 7.16. The van der Waals surface area contributed by atoms with Crippen LogP contribution in [0.1, 0.15) is 31.4 Å². The largest absolute Gasteiger partial charge is 0.350 e. The van der Waals surface area contributed by atoms with Crippen molar-refractivity contribution in [3.8, 4) is 5.69 Å². The van der Waals surface area contributed by atoms with E-state index in [1.807, 2.05) is 61.7 Å². The lowest BCUT2D eigenvalue weighted by atomic mass is 10.1. The number of aromatic nitrogens is 4. The number of para-hydroxylation sites is 2. The van der Waals surface area contributed by atoms with Gasteiger partial charge in [0.15, 0.2) is 0 Å². The number of nitrogens with one attached hydrogen (secondary N) is 1. The lowest BCUT2D eigenvalue weighted by Crippen LogP contribution is -2.28. The van der Waals surface area contributed by atoms with Gasteiger partial charge in [0.2, 0.25) is 5.91 Å². The smallest absolute Gasteiger partial charge is 0.261 e. The molecule has 0 saturated heterocycles. The number of hydrogen-bond acceptors (Lipinski definition) is 4. The Bertz CT molecular complexity index is 1210. The predicted octanol–water partition coefficient (Wildman–Crippen LogP) is 3.24. The lowest BCUT2D eigenvalue weighted by Gasteiger charge is -2.18. The standard InChI is InChI=1S/C23H23N5O2/c1-17(18-8-3-5-11-21(18)28-15-7-13-25-28)26-22(29)12-6-14-27-16-24-20-10-4-2-9-19(20)23(27)30/h2-5,7-11,13,15-17H,6,12,14H2,1H3,(H,26,29). The van der Waals surface area contributed by atoms with E-state index >= 15 is 0 Å². The molecule has 152 valence electrons. The van der Waals surface area contributed by atoms with Gasteiger partial charge in [-0.1, -0.05) is 30.3 Å². The number of aryl methyl sites for hydroxylation is 1. The molecule has 4 rings (SSSR count). The second kappa shape index (κ2) is 8.73. The van der Waals surface area contributed by atoms with E-state index in [2.05, 4.69) is 15.4 Å². The first-order valence-corrected chi connectivity index (χ1v) is 9.96. The molecule has 0 spiro atoms. The molecule has 0 aliphatic rings. The fraction of sp³-hybridized carbons (Fsp3) is 0.217. The van der Waals surface area contributed by atoms with Gasteiger partial charge < -0.3 is 5.32 Å². The molecule has 2 aromatic heterocycles. The molecule has 7 nitrogen and oxygen atoms in total. The number of amides is 1. The van der Waals surface area contributed by atoms with Crippen molar-refractivity contribution in [3.05, 3.63) is 89.2 Å². The Morgan fingerprint density at radius 3 is 2.73 bits per heavy atom. The summed E-state index contributed by atoms with van der Waals surface area (Å²) in [6.45, 7) is 2.40. The van der Waals surface area contributed by atoms with Gasteiger partial charge in [0.25, 0.3) is 5.56 Å². The van der Waals surface area contributed by atoms with Crippen LogP contribution in [0.4, 0.5) is 0 Å². The van der Waals surface area contributed by atoms with Gasteiger partial charge >= 0.3 is 0 Å². The molecule has 0 aliphatic heterocycles. The van der Waals surface area contributed by atoms with Crippen molar-refractivity contribution in [3.63, 3.8) is 0 Å². The Kier molecular flexibility index (Phi) is 5.70. The first-order chi connectivity index (χ1) is 14.6. The highest BCUT2D eigenvalue weighted by atomic mass is 16.1. The van der Waals surface area contributed by atoms with Crippen LogP contribution in [0, 0.1) is 0 Å². The Labute approximate surface area is 174 Å². The van der Waals surface area contributed by atoms with Crippen molar-refractivity contribution in [2.75, 3.05) is 0 Å². The third-order valence-corrected chi connectivity index (χ3v) is 5.07. The summed E-state index contributed by atoms with van der Waals surface area (Å²) in [5.74, 6) is -0.0560. The summed E-state index contributed by atoms with van der Waals surface area (Å²) in [7, 11) is 0. The molecule has 1 N–H and O–H groups in total. The average Bonchev–Trinajstić information content (AvgIpc) is 3.30. The molecule has 7 heteroatoms. The number of nitrogens with zero attached hydrogens (tertiary/aromatic N) is 4. The quantitative estimate of drug-likeness (QED) is 0.515. The van der Waals surface area contributed by atoms with Crippen molar-refractivity contribution in [1.29, 1.82) is 0 Å². The summed E-state index contributed by atoms with van der Waals surface area (Å²) in [6, 6.07) is 16.8. The maximum absolute atomic E-state index is 12.5. The van der Waals surface area contributed by atoms with Crippen molar-refractivity contribution < 1.29 is 4.79 Å². The van der Waals surface area contributed by atoms with Gasteiger partial charge in [0, 0.05) is 25.4 Å². The fourth-order valence-corrected chi connectivity index (χ4v) is 3.54. The van der Waals surface area contributed by atoms with Gasteiger partial charge in [-0.05, 0) is 43.2 Å². The number of rotatable bonds is 7. The van der Waals surface area contributed by atoms with Gasteiger partial charge in [0.05, 0.1) is 29.0 Å². The van der Waals surface area contributed by atoms with Crippen LogP contribution in [-0.4, -0.2) is 25.2 Å². The summed E-state index contributed by atoms with van der Waals surface area (Å²) in [5.41, 5.74) is 2.53. The van der Waals surface area contributed by atoms with Gasteiger partial charge in [-0.3, -0.25) is 14.2 Å². The highest BCUT2D eigenvalue weighted by molar-refractivity contribution is 5.77. The molecular formula is C23H23N5O2. The molecule has 1 unspecified atom stereocenters. The number of benzene rings is 2. The molecule has 0 saturated carbocycles. The first kappa shape index (κ1) is 19.6. The third-order valence-electron chi connectivity index (χ3n) is 5.07. The van der Waals surface area contributed by atoms with Crippen LogP contribution in [-0.2, 0) is 11.3 Å². The number of hydrogen-bond donors (Lipinski definition) is 1. The SMILES string of the molecule is CC(NC(=O)CCCn1cnc2ccccc2c1=O)c1ccccc1-n1cccn1. The van der Waals surface area contributed by atoms with Gasteiger partial charge in [0.1, 0.15) is 0 Å². The zero-order valence-electron chi connectivity index (χ0n) is 16.7. The van der Waals surface area contributed by atoms with Crippen LogP contribution in [0.2, 0.25) is 0 Å². The van der Waals surface area contributed by atoms with Gasteiger partial charge in [-0.2, -0.15) is 5.10 Å². The summed E-state index contributed by atoms with van der Waals surface area (Å²) >= 11 is 0. The number of carbonyl (C=O) groups excluding carboxylic acids is 1. The Balaban J connectivity index is 1.37. The molecular weight excluding hydrogens is 378 g/mol. The number of carbonyl (C=O) groups is 1. The molecule has 0 radical (unpaired) electrons. The normalized spacial score (nSPS) is 12.0. The molecule has 2 heterocycles. The molecule has 0 bridgehead atoms. The molecule has 30 heavy (non-hydrogen) atoms. The molecule has 4 aromatic rings. The summed E-state index contributed by atoms with van der Waals surface area (Å²) < 4.78 is 3.35. The third kappa shape index (κ3) is 4.15. The highest BCUT2D eigenvalue weighted by Gasteiger charge is 2.14. The predicted molar refractivity (Wildman–Crippen MR) is 115 cm³/mol. The maximum atomic E-state index is 12.5. The molecule has 1 atom stereocenters. The molecule has 0 fully saturated rings. The minimum Gasteiger partial charge on any atom is -0.350 e. The summed E-state index contributed by atoms with van der Waals surface area (Å²) in [5, 5.41) is 7.92. The summed E-state index contributed by atoms with van der Waals surface area (Å²) in [6.07, 6.45) is 6.03. The van der Waals surface area contributed by atoms with E-state index in [0.29, 0.717) is 30.3 Å². The fourth-order valence-electron chi connectivity index (χ4n) is 3.54. The van der Waals surface area contributed by atoms with E-state index in [1.54, 1.807) is 27.8 Å². The van der Waals surface area contributed by atoms with E-state index in [-0.39, 0.29) is 17.5 Å². The van der Waals surface area contributed by atoms with E-state index in [9.17, 15) is 9.59 Å². The summed E-state index contributed by atoms with van der Waals surface area (Å²) in [4.78, 5) is 29.3. The van der Waals surface area contributed by atoms with E-state index < -0.39 is 0 Å². The van der Waals surface area contributed by atoms with Crippen molar-refractivity contribution in [2.45, 2.75) is 32.4 Å². The van der Waals surface area contributed by atoms with Crippen LogP contribution in [0.15, 0.2) is 78.1 Å². The Hall–Kier alpha value is -3.74. The van der Waals surface area contributed by atoms with Crippen LogP contribution >= 0.6 is 0 Å². The van der Waals surface area contributed by atoms with Gasteiger partial charge in [-0.15, -0.1) is 0 Å². The van der Waals surface area contributed by atoms with Crippen molar-refractivity contribution >= 4 is 16.8 Å². The van der Waals surface area contributed by atoms with E-state index in [4.69, 9.17) is 0 Å². The Morgan fingerprint density at radius 2 is 1.90 bits per heavy atom. The minimum atomic E-state index is -0.164. The van der Waals surface area contributed by atoms with Crippen molar-refractivity contribution in [1.82, 2.24) is 24.6 Å². The highest BCUT2D eigenvalue weighted by Crippen LogP contribution is 2.21.